The predicted octanol–water partition coefficient (Wildman–Crippen LogP) is 8.43. The van der Waals surface area contributed by atoms with Gasteiger partial charge in [0.15, 0.2) is 0 Å². The van der Waals surface area contributed by atoms with Crippen molar-refractivity contribution in [1.29, 1.82) is 0 Å². The molecule has 0 unspecified atom stereocenters. The lowest BCUT2D eigenvalue weighted by molar-refractivity contribution is -0.111. The molecule has 0 fully saturated rings. The van der Waals surface area contributed by atoms with Crippen LogP contribution in [0.15, 0.2) is 95.6 Å². The number of anilines is 1. The van der Waals surface area contributed by atoms with Crippen LogP contribution >= 0.6 is 0 Å². The topological polar surface area (TPSA) is 51.5 Å². The fourth-order valence-electron chi connectivity index (χ4n) is 4.61. The number of ether oxygens (including phenoxy) is 1. The van der Waals surface area contributed by atoms with Crippen LogP contribution in [0.2, 0.25) is 0 Å². The summed E-state index contributed by atoms with van der Waals surface area (Å²) in [6, 6.07) is 26.5. The third-order valence-corrected chi connectivity index (χ3v) is 6.59. The summed E-state index contributed by atoms with van der Waals surface area (Å²) in [5, 5.41) is 6.27. The number of benzene rings is 4. The van der Waals surface area contributed by atoms with Gasteiger partial charge in [0, 0.05) is 34.3 Å². The molecule has 1 heterocycles. The first-order valence-electron chi connectivity index (χ1n) is 12.1. The minimum absolute atomic E-state index is 0.187. The van der Waals surface area contributed by atoms with Crippen molar-refractivity contribution in [1.82, 2.24) is 0 Å². The minimum Gasteiger partial charge on any atom is -0.496 e. The number of furan rings is 1. The van der Waals surface area contributed by atoms with Crippen molar-refractivity contribution in [2.24, 2.45) is 0 Å². The van der Waals surface area contributed by atoms with Gasteiger partial charge in [-0.2, -0.15) is 0 Å². The van der Waals surface area contributed by atoms with E-state index in [1.807, 2.05) is 55.5 Å². The molecule has 5 aromatic rings. The number of allylic oxidation sites excluding steroid dienone is 1. The highest BCUT2D eigenvalue weighted by molar-refractivity contribution is 6.07. The van der Waals surface area contributed by atoms with Crippen molar-refractivity contribution in [3.05, 3.63) is 102 Å². The monoisotopic (exact) mass is 475 g/mol. The molecular formula is C32H29NO3. The number of hydrogen-bond acceptors (Lipinski definition) is 3. The summed E-state index contributed by atoms with van der Waals surface area (Å²) in [6.45, 7) is 6.22. The summed E-state index contributed by atoms with van der Waals surface area (Å²) in [4.78, 5) is 12.8. The van der Waals surface area contributed by atoms with Crippen LogP contribution in [0.3, 0.4) is 0 Å². The molecule has 0 atom stereocenters. The minimum atomic E-state index is -0.187. The standard InChI is InChI=1S/C32H29NO3/c1-20(2)22-12-14-24(15-13-22)33-32(34)16-21(3)27-17-28-29(19-36-31(28)18-30(27)35-4)26-11-7-9-23-8-5-6-10-25(23)26/h5-20H,1-4H3,(H,33,34)/b21-16+. The molecule has 1 amide bonds. The molecule has 180 valence electrons. The Hall–Kier alpha value is -4.31. The lowest BCUT2D eigenvalue weighted by Gasteiger charge is -2.11. The Morgan fingerprint density at radius 1 is 0.917 bits per heavy atom. The summed E-state index contributed by atoms with van der Waals surface area (Å²) >= 11 is 0. The number of carbonyl (C=O) groups excluding carboxylic acids is 1. The lowest BCUT2D eigenvalue weighted by atomic mass is 9.96. The number of methoxy groups -OCH3 is 1. The van der Waals surface area contributed by atoms with Crippen LogP contribution in [0.4, 0.5) is 5.69 Å². The molecule has 5 rings (SSSR count). The van der Waals surface area contributed by atoms with Gasteiger partial charge in [-0.3, -0.25) is 4.79 Å². The van der Waals surface area contributed by atoms with Crippen LogP contribution in [-0.2, 0) is 4.79 Å². The highest BCUT2D eigenvalue weighted by Gasteiger charge is 2.16. The van der Waals surface area contributed by atoms with E-state index in [9.17, 15) is 4.79 Å². The zero-order valence-corrected chi connectivity index (χ0v) is 21.0. The summed E-state index contributed by atoms with van der Waals surface area (Å²) in [6.07, 6.45) is 3.40. The van der Waals surface area contributed by atoms with E-state index < -0.39 is 0 Å². The average Bonchev–Trinajstić information content (AvgIpc) is 3.30. The molecule has 1 aromatic heterocycles. The average molecular weight is 476 g/mol. The highest BCUT2D eigenvalue weighted by atomic mass is 16.5. The van der Waals surface area contributed by atoms with Crippen LogP contribution in [0.5, 0.6) is 5.75 Å². The second-order valence-corrected chi connectivity index (χ2v) is 9.32. The fraction of sp³-hybridized carbons (Fsp3) is 0.156. The molecule has 0 saturated carbocycles. The Morgan fingerprint density at radius 3 is 2.42 bits per heavy atom. The van der Waals surface area contributed by atoms with E-state index in [-0.39, 0.29) is 5.91 Å². The number of rotatable bonds is 6. The van der Waals surface area contributed by atoms with Gasteiger partial charge < -0.3 is 14.5 Å². The molecule has 0 spiro atoms. The molecule has 4 heteroatoms. The van der Waals surface area contributed by atoms with Gasteiger partial charge in [-0.25, -0.2) is 0 Å². The number of fused-ring (bicyclic) bond motifs is 2. The highest BCUT2D eigenvalue weighted by Crippen LogP contribution is 2.39. The summed E-state index contributed by atoms with van der Waals surface area (Å²) < 4.78 is 11.6. The van der Waals surface area contributed by atoms with Crippen molar-refractivity contribution in [3.8, 4) is 16.9 Å². The smallest absolute Gasteiger partial charge is 0.248 e. The van der Waals surface area contributed by atoms with Crippen LogP contribution < -0.4 is 10.1 Å². The van der Waals surface area contributed by atoms with Gasteiger partial charge in [0.25, 0.3) is 0 Å². The third kappa shape index (κ3) is 4.50. The van der Waals surface area contributed by atoms with E-state index >= 15 is 0 Å². The number of hydrogen-bond donors (Lipinski definition) is 1. The molecule has 1 N–H and O–H groups in total. The second kappa shape index (κ2) is 9.74. The third-order valence-electron chi connectivity index (χ3n) is 6.59. The van der Waals surface area contributed by atoms with E-state index in [1.54, 1.807) is 19.4 Å². The van der Waals surface area contributed by atoms with Gasteiger partial charge in [-0.1, -0.05) is 68.4 Å². The number of amides is 1. The Labute approximate surface area is 211 Å². The second-order valence-electron chi connectivity index (χ2n) is 9.32. The number of carbonyl (C=O) groups is 1. The fourth-order valence-corrected chi connectivity index (χ4v) is 4.61. The molecule has 0 saturated heterocycles. The molecule has 4 aromatic carbocycles. The number of nitrogens with one attached hydrogen (secondary N) is 1. The largest absolute Gasteiger partial charge is 0.496 e. The van der Waals surface area contributed by atoms with Gasteiger partial charge in [-0.05, 0) is 58.5 Å². The maximum absolute atomic E-state index is 12.8. The summed E-state index contributed by atoms with van der Waals surface area (Å²) in [7, 11) is 1.63. The Kier molecular flexibility index (Phi) is 6.34. The Bertz CT molecular complexity index is 1580. The Morgan fingerprint density at radius 2 is 1.67 bits per heavy atom. The van der Waals surface area contributed by atoms with Crippen molar-refractivity contribution >= 4 is 38.9 Å². The molecule has 0 aliphatic carbocycles. The molecule has 0 aliphatic rings. The quantitative estimate of drug-likeness (QED) is 0.251. The van der Waals surface area contributed by atoms with Gasteiger partial charge in [0.05, 0.1) is 13.4 Å². The zero-order valence-electron chi connectivity index (χ0n) is 21.0. The summed E-state index contributed by atoms with van der Waals surface area (Å²) in [5.41, 5.74) is 6.50. The van der Waals surface area contributed by atoms with Crippen LogP contribution in [0, 0.1) is 0 Å². The van der Waals surface area contributed by atoms with E-state index in [2.05, 4.69) is 49.5 Å². The van der Waals surface area contributed by atoms with E-state index in [0.29, 0.717) is 11.7 Å². The van der Waals surface area contributed by atoms with Crippen molar-refractivity contribution in [3.63, 3.8) is 0 Å². The first-order valence-corrected chi connectivity index (χ1v) is 12.1. The van der Waals surface area contributed by atoms with Gasteiger partial charge in [0.2, 0.25) is 5.91 Å². The van der Waals surface area contributed by atoms with Gasteiger partial charge >= 0.3 is 0 Å². The first-order chi connectivity index (χ1) is 17.4. The first kappa shape index (κ1) is 23.4. The maximum atomic E-state index is 12.8. The van der Waals surface area contributed by atoms with E-state index in [4.69, 9.17) is 9.15 Å². The van der Waals surface area contributed by atoms with Crippen molar-refractivity contribution in [2.75, 3.05) is 12.4 Å². The molecule has 0 bridgehead atoms. The van der Waals surface area contributed by atoms with Crippen molar-refractivity contribution in [2.45, 2.75) is 26.7 Å². The normalized spacial score (nSPS) is 11.9. The molecule has 4 nitrogen and oxygen atoms in total. The molecule has 36 heavy (non-hydrogen) atoms. The Balaban J connectivity index is 1.51. The molecular weight excluding hydrogens is 446 g/mol. The molecule has 0 radical (unpaired) electrons. The molecule has 0 aliphatic heterocycles. The predicted molar refractivity (Wildman–Crippen MR) is 149 cm³/mol. The SMILES string of the molecule is COc1cc2occ(-c3cccc4ccccc34)c2cc1/C(C)=C/C(=O)Nc1ccc(C(C)C)cc1. The van der Waals surface area contributed by atoms with E-state index in [0.717, 1.165) is 44.3 Å². The van der Waals surface area contributed by atoms with Gasteiger partial charge in [-0.15, -0.1) is 0 Å². The van der Waals surface area contributed by atoms with Crippen LogP contribution in [0.1, 0.15) is 37.8 Å². The van der Waals surface area contributed by atoms with Gasteiger partial charge in [0.1, 0.15) is 11.3 Å². The van der Waals surface area contributed by atoms with Crippen LogP contribution in [0.25, 0.3) is 38.4 Å². The van der Waals surface area contributed by atoms with Crippen molar-refractivity contribution < 1.29 is 13.9 Å². The summed E-state index contributed by atoms with van der Waals surface area (Å²) in [5.74, 6) is 0.915. The maximum Gasteiger partial charge on any atom is 0.248 e. The van der Waals surface area contributed by atoms with E-state index in [1.165, 1.54) is 10.9 Å². The van der Waals surface area contributed by atoms with Crippen LogP contribution in [-0.4, -0.2) is 13.0 Å². The zero-order chi connectivity index (χ0) is 25.2. The lowest BCUT2D eigenvalue weighted by Crippen LogP contribution is -2.08.